The van der Waals surface area contributed by atoms with Gasteiger partial charge in [0.1, 0.15) is 5.82 Å². The van der Waals surface area contributed by atoms with Gasteiger partial charge in [-0.05, 0) is 41.8 Å². The zero-order chi connectivity index (χ0) is 11.7. The maximum Gasteiger partial charge on any atom is 0.141 e. The van der Waals surface area contributed by atoms with E-state index < -0.39 is 5.82 Å². The van der Waals surface area contributed by atoms with Crippen molar-refractivity contribution in [2.24, 2.45) is 0 Å². The van der Waals surface area contributed by atoms with E-state index in [1.165, 1.54) is 6.07 Å². The third kappa shape index (κ3) is 2.02. The van der Waals surface area contributed by atoms with Crippen molar-refractivity contribution in [1.29, 1.82) is 0 Å². The largest absolute Gasteiger partial charge is 0.398 e. The average molecular weight is 236 g/mol. The third-order valence-corrected chi connectivity index (χ3v) is 2.82. The van der Waals surface area contributed by atoms with Crippen molar-refractivity contribution in [1.82, 2.24) is 0 Å². The van der Waals surface area contributed by atoms with Crippen LogP contribution in [0.15, 0.2) is 36.4 Å². The van der Waals surface area contributed by atoms with Gasteiger partial charge in [-0.1, -0.05) is 29.8 Å². The molecule has 2 rings (SSSR count). The minimum Gasteiger partial charge on any atom is -0.398 e. The molecular weight excluding hydrogens is 225 g/mol. The van der Waals surface area contributed by atoms with E-state index in [4.69, 9.17) is 17.3 Å². The standard InChI is InChI=1S/C13H11ClFN/c1-8-2-3-10(7-13(8)16)9-4-5-12(15)11(14)6-9/h2-7H,16H2,1H3. The van der Waals surface area contributed by atoms with Gasteiger partial charge in [0.05, 0.1) is 5.02 Å². The lowest BCUT2D eigenvalue weighted by atomic mass is 10.0. The average Bonchev–Trinajstić information content (AvgIpc) is 2.26. The van der Waals surface area contributed by atoms with Crippen LogP contribution in [0.2, 0.25) is 5.02 Å². The monoisotopic (exact) mass is 235 g/mol. The summed E-state index contributed by atoms with van der Waals surface area (Å²) < 4.78 is 13.0. The summed E-state index contributed by atoms with van der Waals surface area (Å²) in [6.45, 7) is 1.94. The first-order chi connectivity index (χ1) is 7.58. The molecule has 82 valence electrons. The normalized spacial score (nSPS) is 10.4. The molecule has 3 heteroatoms. The van der Waals surface area contributed by atoms with Gasteiger partial charge in [0.25, 0.3) is 0 Å². The summed E-state index contributed by atoms with van der Waals surface area (Å²) in [6.07, 6.45) is 0. The van der Waals surface area contributed by atoms with Crippen LogP contribution in [0.1, 0.15) is 5.56 Å². The van der Waals surface area contributed by atoms with Crippen LogP contribution >= 0.6 is 11.6 Å². The van der Waals surface area contributed by atoms with Crippen molar-refractivity contribution >= 4 is 17.3 Å². The third-order valence-electron chi connectivity index (χ3n) is 2.53. The number of rotatable bonds is 1. The molecular formula is C13H11ClFN. The number of hydrogen-bond donors (Lipinski definition) is 1. The highest BCUT2D eigenvalue weighted by atomic mass is 35.5. The van der Waals surface area contributed by atoms with E-state index in [1.54, 1.807) is 12.1 Å². The molecule has 0 unspecified atom stereocenters. The molecule has 2 aromatic rings. The molecule has 0 spiro atoms. The van der Waals surface area contributed by atoms with Crippen molar-refractivity contribution in [3.8, 4) is 11.1 Å². The van der Waals surface area contributed by atoms with E-state index in [1.807, 2.05) is 25.1 Å². The van der Waals surface area contributed by atoms with E-state index in [9.17, 15) is 4.39 Å². The van der Waals surface area contributed by atoms with Gasteiger partial charge in [0.15, 0.2) is 0 Å². The fourth-order valence-corrected chi connectivity index (χ4v) is 1.68. The number of anilines is 1. The summed E-state index contributed by atoms with van der Waals surface area (Å²) in [6, 6.07) is 10.4. The summed E-state index contributed by atoms with van der Waals surface area (Å²) in [4.78, 5) is 0. The van der Waals surface area contributed by atoms with Gasteiger partial charge in [-0.2, -0.15) is 0 Å². The number of nitrogen functional groups attached to an aromatic ring is 1. The zero-order valence-corrected chi connectivity index (χ0v) is 9.55. The molecule has 0 aromatic heterocycles. The van der Waals surface area contributed by atoms with Crippen LogP contribution < -0.4 is 5.73 Å². The van der Waals surface area contributed by atoms with Gasteiger partial charge in [-0.15, -0.1) is 0 Å². The molecule has 0 radical (unpaired) electrons. The first-order valence-electron chi connectivity index (χ1n) is 4.89. The summed E-state index contributed by atoms with van der Waals surface area (Å²) in [5, 5.41) is 0.122. The van der Waals surface area contributed by atoms with Crippen molar-refractivity contribution in [3.05, 3.63) is 52.8 Å². The van der Waals surface area contributed by atoms with E-state index in [0.717, 1.165) is 22.4 Å². The van der Waals surface area contributed by atoms with Crippen molar-refractivity contribution in [2.75, 3.05) is 5.73 Å². The maximum absolute atomic E-state index is 13.0. The number of hydrogen-bond acceptors (Lipinski definition) is 1. The van der Waals surface area contributed by atoms with Crippen molar-refractivity contribution < 1.29 is 4.39 Å². The molecule has 0 atom stereocenters. The predicted octanol–water partition coefficient (Wildman–Crippen LogP) is 4.04. The maximum atomic E-state index is 13.0. The van der Waals surface area contributed by atoms with Gasteiger partial charge in [-0.25, -0.2) is 4.39 Å². The summed E-state index contributed by atoms with van der Waals surface area (Å²) in [5.41, 5.74) is 9.36. The summed E-state index contributed by atoms with van der Waals surface area (Å²) >= 11 is 5.73. The Morgan fingerprint density at radius 2 is 1.69 bits per heavy atom. The Bertz CT molecular complexity index is 488. The van der Waals surface area contributed by atoms with Gasteiger partial charge in [0.2, 0.25) is 0 Å². The highest BCUT2D eigenvalue weighted by molar-refractivity contribution is 6.31. The molecule has 0 saturated heterocycles. The molecule has 16 heavy (non-hydrogen) atoms. The topological polar surface area (TPSA) is 26.0 Å². The molecule has 1 nitrogen and oxygen atoms in total. The van der Waals surface area contributed by atoms with Crippen LogP contribution in [0.3, 0.4) is 0 Å². The van der Waals surface area contributed by atoms with Gasteiger partial charge >= 0.3 is 0 Å². The summed E-state index contributed by atoms with van der Waals surface area (Å²) in [5.74, 6) is -0.412. The lowest BCUT2D eigenvalue weighted by Gasteiger charge is -2.06. The van der Waals surface area contributed by atoms with Crippen molar-refractivity contribution in [3.63, 3.8) is 0 Å². The van der Waals surface area contributed by atoms with E-state index in [0.29, 0.717) is 0 Å². The van der Waals surface area contributed by atoms with Crippen LogP contribution in [-0.2, 0) is 0 Å². The fourth-order valence-electron chi connectivity index (χ4n) is 1.50. The zero-order valence-electron chi connectivity index (χ0n) is 8.80. The lowest BCUT2D eigenvalue weighted by molar-refractivity contribution is 0.628. The molecule has 0 saturated carbocycles. The Hall–Kier alpha value is -1.54. The minimum atomic E-state index is -0.412. The van der Waals surface area contributed by atoms with Crippen LogP contribution in [0.5, 0.6) is 0 Å². The van der Waals surface area contributed by atoms with Gasteiger partial charge < -0.3 is 5.73 Å². The number of halogens is 2. The second-order valence-electron chi connectivity index (χ2n) is 3.70. The molecule has 0 bridgehead atoms. The second-order valence-corrected chi connectivity index (χ2v) is 4.11. The van der Waals surface area contributed by atoms with E-state index in [2.05, 4.69) is 0 Å². The van der Waals surface area contributed by atoms with Crippen LogP contribution in [0.25, 0.3) is 11.1 Å². The van der Waals surface area contributed by atoms with E-state index >= 15 is 0 Å². The molecule has 0 aliphatic rings. The number of nitrogens with two attached hydrogens (primary N) is 1. The van der Waals surface area contributed by atoms with Crippen LogP contribution in [0, 0.1) is 12.7 Å². The first kappa shape index (κ1) is 11.0. The Labute approximate surface area is 98.7 Å². The second kappa shape index (κ2) is 4.14. The predicted molar refractivity (Wildman–Crippen MR) is 66.0 cm³/mol. The Morgan fingerprint density at radius 1 is 1.06 bits per heavy atom. The highest BCUT2D eigenvalue weighted by Gasteiger charge is 2.04. The molecule has 0 heterocycles. The van der Waals surface area contributed by atoms with Crippen LogP contribution in [0.4, 0.5) is 10.1 Å². The SMILES string of the molecule is Cc1ccc(-c2ccc(F)c(Cl)c2)cc1N. The Balaban J connectivity index is 2.50. The molecule has 0 aliphatic carbocycles. The van der Waals surface area contributed by atoms with Crippen LogP contribution in [-0.4, -0.2) is 0 Å². The Kier molecular flexibility index (Phi) is 2.84. The first-order valence-corrected chi connectivity index (χ1v) is 5.27. The highest BCUT2D eigenvalue weighted by Crippen LogP contribution is 2.27. The summed E-state index contributed by atoms with van der Waals surface area (Å²) in [7, 11) is 0. The molecule has 0 aliphatic heterocycles. The smallest absolute Gasteiger partial charge is 0.141 e. The molecule has 0 amide bonds. The van der Waals surface area contributed by atoms with Gasteiger partial charge in [0, 0.05) is 5.69 Å². The molecule has 2 N–H and O–H groups in total. The quantitative estimate of drug-likeness (QED) is 0.742. The van der Waals surface area contributed by atoms with Gasteiger partial charge in [-0.3, -0.25) is 0 Å². The number of benzene rings is 2. The number of aryl methyl sites for hydroxylation is 1. The van der Waals surface area contributed by atoms with E-state index in [-0.39, 0.29) is 5.02 Å². The van der Waals surface area contributed by atoms with Crippen molar-refractivity contribution in [2.45, 2.75) is 6.92 Å². The molecule has 0 fully saturated rings. The Morgan fingerprint density at radius 3 is 2.31 bits per heavy atom. The minimum absolute atomic E-state index is 0.122. The molecule has 2 aromatic carbocycles. The fraction of sp³-hybridized carbons (Fsp3) is 0.0769. The lowest BCUT2D eigenvalue weighted by Crippen LogP contribution is -1.90.